The first-order valence-corrected chi connectivity index (χ1v) is 12.1. The molecule has 0 aromatic heterocycles. The van der Waals surface area contributed by atoms with Crippen LogP contribution in [0.2, 0.25) is 5.02 Å². The van der Waals surface area contributed by atoms with Crippen molar-refractivity contribution < 1.29 is 23.9 Å². The van der Waals surface area contributed by atoms with Crippen molar-refractivity contribution in [3.05, 3.63) is 76.8 Å². The highest BCUT2D eigenvalue weighted by molar-refractivity contribution is 6.30. The lowest BCUT2D eigenvalue weighted by atomic mass is 9.63. The van der Waals surface area contributed by atoms with Crippen LogP contribution in [0.3, 0.4) is 0 Å². The number of hydrogen-bond acceptors (Lipinski definition) is 5. The average molecular weight is 491 g/mol. The number of nitrogens with zero attached hydrogens (tertiary/aromatic N) is 2. The predicted octanol–water partition coefficient (Wildman–Crippen LogP) is 3.64. The smallest absolute Gasteiger partial charge is 0.273 e. The van der Waals surface area contributed by atoms with Crippen molar-refractivity contribution in [3.8, 4) is 5.75 Å². The molecule has 2 aromatic rings. The summed E-state index contributed by atoms with van der Waals surface area (Å²) in [6, 6.07) is 12.6. The van der Waals surface area contributed by atoms with E-state index in [1.165, 1.54) is 19.2 Å². The van der Waals surface area contributed by atoms with E-state index >= 15 is 0 Å². The summed E-state index contributed by atoms with van der Waals surface area (Å²) in [6.07, 6.45) is 5.18. The highest BCUT2D eigenvalue weighted by Crippen LogP contribution is 2.65. The Kier molecular flexibility index (Phi) is 5.07. The molecule has 6 atom stereocenters. The normalized spacial score (nSPS) is 29.6. The van der Waals surface area contributed by atoms with Crippen LogP contribution in [0.25, 0.3) is 0 Å². The summed E-state index contributed by atoms with van der Waals surface area (Å²) in [5.41, 5.74) is 0.579. The summed E-state index contributed by atoms with van der Waals surface area (Å²) in [5.74, 6) is -1.24. The van der Waals surface area contributed by atoms with Crippen molar-refractivity contribution in [2.75, 3.05) is 13.7 Å². The molecule has 5 aliphatic rings. The molecule has 178 valence electrons. The highest BCUT2D eigenvalue weighted by Gasteiger charge is 2.68. The minimum Gasteiger partial charge on any atom is -0.497 e. The SMILES string of the molecule is COc1ccc(C(=O)CN(C(=O)c2ccc(Cl)cc2)N2C(=O)[C@@H]3[C@H]4C=C[C@@H]([C@@H]5C[C@@H]45)[C@H]3C2=O)cc1. The van der Waals surface area contributed by atoms with Crippen LogP contribution in [-0.2, 0) is 9.59 Å². The molecule has 3 amide bonds. The number of methoxy groups -OCH3 is 1. The predicted molar refractivity (Wildman–Crippen MR) is 126 cm³/mol. The molecule has 1 heterocycles. The zero-order chi connectivity index (χ0) is 24.4. The molecule has 4 aliphatic carbocycles. The molecular formula is C27H23ClN2O5. The molecule has 0 N–H and O–H groups in total. The first-order chi connectivity index (χ1) is 16.9. The van der Waals surface area contributed by atoms with Gasteiger partial charge in [-0.2, -0.15) is 5.01 Å². The minimum atomic E-state index is -0.602. The average Bonchev–Trinajstić information content (AvgIpc) is 3.66. The number of carbonyl (C=O) groups excluding carboxylic acids is 4. The fourth-order valence-electron chi connectivity index (χ4n) is 6.16. The Morgan fingerprint density at radius 1 is 0.914 bits per heavy atom. The monoisotopic (exact) mass is 490 g/mol. The van der Waals surface area contributed by atoms with Gasteiger partial charge in [0.25, 0.3) is 17.7 Å². The van der Waals surface area contributed by atoms with Gasteiger partial charge >= 0.3 is 0 Å². The van der Waals surface area contributed by atoms with Gasteiger partial charge in [0.05, 0.1) is 18.9 Å². The lowest BCUT2D eigenvalue weighted by molar-refractivity contribution is -0.154. The zero-order valence-electron chi connectivity index (χ0n) is 19.0. The second-order valence-corrected chi connectivity index (χ2v) is 10.1. The molecule has 0 radical (unpaired) electrons. The molecule has 3 fully saturated rings. The summed E-state index contributed by atoms with van der Waals surface area (Å²) in [5, 5.41) is 2.42. The number of rotatable bonds is 6. The number of Topliss-reactive ketones (excluding diaryl/α,β-unsaturated/α-hetero) is 1. The van der Waals surface area contributed by atoms with Crippen molar-refractivity contribution >= 4 is 35.1 Å². The van der Waals surface area contributed by atoms with E-state index in [2.05, 4.69) is 12.2 Å². The third-order valence-corrected chi connectivity index (χ3v) is 8.16. The van der Waals surface area contributed by atoms with Gasteiger partial charge in [-0.1, -0.05) is 23.8 Å². The van der Waals surface area contributed by atoms with Crippen LogP contribution in [0.4, 0.5) is 0 Å². The largest absolute Gasteiger partial charge is 0.497 e. The van der Waals surface area contributed by atoms with Crippen molar-refractivity contribution in [1.29, 1.82) is 0 Å². The molecule has 1 aliphatic heterocycles. The summed E-state index contributed by atoms with van der Waals surface area (Å²) in [4.78, 5) is 54.2. The van der Waals surface area contributed by atoms with Crippen molar-refractivity contribution in [3.63, 3.8) is 0 Å². The van der Waals surface area contributed by atoms with E-state index in [1.54, 1.807) is 36.4 Å². The molecule has 8 heteroatoms. The molecule has 2 aromatic carbocycles. The van der Waals surface area contributed by atoms with Gasteiger partial charge in [-0.05, 0) is 78.6 Å². The molecule has 7 nitrogen and oxygen atoms in total. The van der Waals surface area contributed by atoms with Crippen LogP contribution < -0.4 is 4.74 Å². The first kappa shape index (κ1) is 22.0. The number of hydrazine groups is 1. The Labute approximate surface area is 207 Å². The standard InChI is InChI=1S/C27H23ClN2O5/c1-35-17-8-4-14(5-9-17)22(31)13-29(25(32)15-2-6-16(28)7-3-15)30-26(33)23-18-10-11-19(21-12-20(18)21)24(23)27(30)34/h2-11,18-21,23-24H,12-13H2,1H3/t18-,19-,20-,21-,23+,24+/m0/s1. The summed E-state index contributed by atoms with van der Waals surface area (Å²) in [6.45, 7) is -0.444. The Morgan fingerprint density at radius 3 is 2.00 bits per heavy atom. The topological polar surface area (TPSA) is 84.0 Å². The maximum atomic E-state index is 13.7. The Balaban J connectivity index is 1.35. The second-order valence-electron chi connectivity index (χ2n) is 9.66. The van der Waals surface area contributed by atoms with Crippen LogP contribution in [0, 0.1) is 35.5 Å². The number of hydrogen-bond donors (Lipinski definition) is 0. The van der Waals surface area contributed by atoms with Gasteiger partial charge in [-0.3, -0.25) is 19.2 Å². The van der Waals surface area contributed by atoms with Gasteiger partial charge in [0.2, 0.25) is 0 Å². The fourth-order valence-corrected chi connectivity index (χ4v) is 6.28. The van der Waals surface area contributed by atoms with Crippen molar-refractivity contribution in [2.24, 2.45) is 35.5 Å². The lowest BCUT2D eigenvalue weighted by Gasteiger charge is -2.37. The maximum absolute atomic E-state index is 13.7. The van der Waals surface area contributed by atoms with E-state index in [1.807, 2.05) is 0 Å². The van der Waals surface area contributed by atoms with E-state index in [-0.39, 0.29) is 17.4 Å². The number of imide groups is 1. The number of allylic oxidation sites excluding steroid dienone is 2. The molecule has 2 saturated carbocycles. The van der Waals surface area contributed by atoms with E-state index in [4.69, 9.17) is 16.3 Å². The Hall–Kier alpha value is -3.45. The molecule has 35 heavy (non-hydrogen) atoms. The van der Waals surface area contributed by atoms with Gasteiger partial charge in [0, 0.05) is 16.1 Å². The fraction of sp³-hybridized carbons (Fsp3) is 0.333. The van der Waals surface area contributed by atoms with E-state index in [0.717, 1.165) is 16.4 Å². The van der Waals surface area contributed by atoms with Crippen LogP contribution >= 0.6 is 11.6 Å². The molecule has 2 bridgehead atoms. The van der Waals surface area contributed by atoms with Gasteiger partial charge in [0.15, 0.2) is 5.78 Å². The molecule has 0 spiro atoms. The van der Waals surface area contributed by atoms with Crippen LogP contribution in [0.1, 0.15) is 27.1 Å². The second kappa shape index (κ2) is 8.05. The van der Waals surface area contributed by atoms with Crippen LogP contribution in [0.15, 0.2) is 60.7 Å². The van der Waals surface area contributed by atoms with E-state index < -0.39 is 41.9 Å². The number of ketones is 1. The molecule has 7 rings (SSSR count). The zero-order valence-corrected chi connectivity index (χ0v) is 19.7. The van der Waals surface area contributed by atoms with Gasteiger partial charge in [-0.25, -0.2) is 5.01 Å². The maximum Gasteiger partial charge on any atom is 0.273 e. The Bertz CT molecular complexity index is 1240. The Morgan fingerprint density at radius 2 is 1.46 bits per heavy atom. The third-order valence-electron chi connectivity index (χ3n) is 7.91. The molecule has 0 unspecified atom stereocenters. The van der Waals surface area contributed by atoms with Gasteiger partial charge in [0.1, 0.15) is 12.3 Å². The van der Waals surface area contributed by atoms with Crippen molar-refractivity contribution in [1.82, 2.24) is 10.0 Å². The van der Waals surface area contributed by atoms with Crippen molar-refractivity contribution in [2.45, 2.75) is 6.42 Å². The van der Waals surface area contributed by atoms with E-state index in [0.29, 0.717) is 28.2 Å². The van der Waals surface area contributed by atoms with E-state index in [9.17, 15) is 19.2 Å². The van der Waals surface area contributed by atoms with Gasteiger partial charge < -0.3 is 4.74 Å². The summed E-state index contributed by atoms with van der Waals surface area (Å²) in [7, 11) is 1.53. The summed E-state index contributed by atoms with van der Waals surface area (Å²) < 4.78 is 5.15. The van der Waals surface area contributed by atoms with Gasteiger partial charge in [-0.15, -0.1) is 0 Å². The number of ether oxygens (including phenoxy) is 1. The summed E-state index contributed by atoms with van der Waals surface area (Å²) >= 11 is 5.98. The quantitative estimate of drug-likeness (QED) is 0.350. The number of carbonyl (C=O) groups is 4. The highest BCUT2D eigenvalue weighted by atomic mass is 35.5. The third kappa shape index (κ3) is 3.40. The van der Waals surface area contributed by atoms with Crippen LogP contribution in [0.5, 0.6) is 5.75 Å². The lowest BCUT2D eigenvalue weighted by Crippen LogP contribution is -2.52. The molecule has 1 saturated heterocycles. The number of amides is 3. The minimum absolute atomic E-state index is 0.0150. The van der Waals surface area contributed by atoms with Crippen LogP contribution in [-0.4, -0.2) is 47.2 Å². The molecular weight excluding hydrogens is 468 g/mol. The number of benzene rings is 2. The first-order valence-electron chi connectivity index (χ1n) is 11.7. The number of halogens is 1.